The topological polar surface area (TPSA) is 66.8 Å². The highest BCUT2D eigenvalue weighted by molar-refractivity contribution is 5.81. The first kappa shape index (κ1) is 21.9. The highest BCUT2D eigenvalue weighted by Gasteiger charge is 2.13. The summed E-state index contributed by atoms with van der Waals surface area (Å²) in [7, 11) is 1.63. The molecule has 0 unspecified atom stereocenters. The Balaban J connectivity index is 3.52. The number of rotatable bonds is 15. The van der Waals surface area contributed by atoms with Gasteiger partial charge in [0.1, 0.15) is 6.54 Å². The summed E-state index contributed by atoms with van der Waals surface area (Å²) in [5.41, 5.74) is 0. The van der Waals surface area contributed by atoms with Crippen LogP contribution in [0.4, 0.5) is 0 Å². The second kappa shape index (κ2) is 15.8. The van der Waals surface area contributed by atoms with Crippen LogP contribution in [-0.2, 0) is 14.3 Å². The molecule has 0 bridgehead atoms. The zero-order valence-corrected chi connectivity index (χ0v) is 15.0. The van der Waals surface area contributed by atoms with Crippen LogP contribution in [0.5, 0.6) is 0 Å². The highest BCUT2D eigenvalue weighted by Crippen LogP contribution is 2.11. The van der Waals surface area contributed by atoms with Crippen molar-refractivity contribution < 1.29 is 19.4 Å². The standard InChI is InChI=1S/C18H35NO4/c1-3-4-5-6-7-8-9-10-11-13-17(21)19(2)16-18(22)23-15-12-14-20/h20H,3-16H2,1-2H3. The summed E-state index contributed by atoms with van der Waals surface area (Å²) in [6, 6.07) is 0. The van der Waals surface area contributed by atoms with Gasteiger partial charge < -0.3 is 14.7 Å². The van der Waals surface area contributed by atoms with Gasteiger partial charge in [-0.25, -0.2) is 0 Å². The van der Waals surface area contributed by atoms with Gasteiger partial charge in [-0.1, -0.05) is 58.3 Å². The van der Waals surface area contributed by atoms with E-state index in [0.717, 1.165) is 12.8 Å². The number of esters is 1. The molecule has 0 aromatic carbocycles. The molecule has 0 aliphatic rings. The molecule has 0 atom stereocenters. The minimum atomic E-state index is -0.415. The summed E-state index contributed by atoms with van der Waals surface area (Å²) in [5.74, 6) is -0.423. The van der Waals surface area contributed by atoms with Gasteiger partial charge in [-0.3, -0.25) is 9.59 Å². The molecule has 0 saturated carbocycles. The van der Waals surface area contributed by atoms with Crippen molar-refractivity contribution in [3.63, 3.8) is 0 Å². The Labute approximate surface area is 141 Å². The predicted octanol–water partition coefficient (Wildman–Crippen LogP) is 3.29. The zero-order valence-electron chi connectivity index (χ0n) is 15.0. The third kappa shape index (κ3) is 14.2. The van der Waals surface area contributed by atoms with Gasteiger partial charge in [0, 0.05) is 26.5 Å². The number of amides is 1. The lowest BCUT2D eigenvalue weighted by molar-refractivity contribution is -0.148. The quantitative estimate of drug-likeness (QED) is 0.370. The minimum absolute atomic E-state index is 0.000649. The molecule has 5 heteroatoms. The highest BCUT2D eigenvalue weighted by atomic mass is 16.5. The van der Waals surface area contributed by atoms with E-state index in [1.165, 1.54) is 49.8 Å². The summed E-state index contributed by atoms with van der Waals surface area (Å²) in [4.78, 5) is 24.8. The van der Waals surface area contributed by atoms with Gasteiger partial charge in [-0.2, -0.15) is 0 Å². The average Bonchev–Trinajstić information content (AvgIpc) is 2.53. The van der Waals surface area contributed by atoms with Crippen LogP contribution in [0, 0.1) is 0 Å². The van der Waals surface area contributed by atoms with Gasteiger partial charge >= 0.3 is 5.97 Å². The maximum absolute atomic E-state index is 11.9. The molecule has 0 spiro atoms. The van der Waals surface area contributed by atoms with Crippen LogP contribution in [0.3, 0.4) is 0 Å². The molecule has 1 amide bonds. The first-order valence-electron chi connectivity index (χ1n) is 9.12. The molecule has 5 nitrogen and oxygen atoms in total. The number of likely N-dealkylation sites (N-methyl/N-ethyl adjacent to an activating group) is 1. The third-order valence-electron chi connectivity index (χ3n) is 3.85. The van der Waals surface area contributed by atoms with Crippen LogP contribution < -0.4 is 0 Å². The minimum Gasteiger partial charge on any atom is -0.464 e. The van der Waals surface area contributed by atoms with Crippen LogP contribution in [0.1, 0.15) is 77.6 Å². The normalized spacial score (nSPS) is 10.6. The molecule has 0 saturated heterocycles. The SMILES string of the molecule is CCCCCCCCCCCC(=O)N(C)CC(=O)OCCCO. The Morgan fingerprint density at radius 1 is 0.913 bits per heavy atom. The van der Waals surface area contributed by atoms with E-state index in [1.807, 2.05) is 0 Å². The molecule has 0 rings (SSSR count). The van der Waals surface area contributed by atoms with E-state index < -0.39 is 5.97 Å². The van der Waals surface area contributed by atoms with Crippen molar-refractivity contribution in [3.8, 4) is 0 Å². The second-order valence-corrected chi connectivity index (χ2v) is 6.13. The number of ether oxygens (including phenoxy) is 1. The first-order valence-corrected chi connectivity index (χ1v) is 9.12. The van der Waals surface area contributed by atoms with Crippen molar-refractivity contribution >= 4 is 11.9 Å². The molecule has 0 heterocycles. The number of carbonyl (C=O) groups excluding carboxylic acids is 2. The fourth-order valence-corrected chi connectivity index (χ4v) is 2.36. The Bertz CT molecular complexity index is 307. The van der Waals surface area contributed by atoms with Gasteiger partial charge in [0.05, 0.1) is 6.61 Å². The molecule has 136 valence electrons. The largest absolute Gasteiger partial charge is 0.464 e. The Kier molecular flexibility index (Phi) is 15.0. The molecular weight excluding hydrogens is 294 g/mol. The van der Waals surface area contributed by atoms with Crippen molar-refractivity contribution in [1.29, 1.82) is 0 Å². The number of aliphatic hydroxyl groups excluding tert-OH is 1. The summed E-state index contributed by atoms with van der Waals surface area (Å²) >= 11 is 0. The van der Waals surface area contributed by atoms with E-state index in [-0.39, 0.29) is 25.7 Å². The van der Waals surface area contributed by atoms with Crippen molar-refractivity contribution in [2.45, 2.75) is 77.6 Å². The molecule has 0 aliphatic carbocycles. The second-order valence-electron chi connectivity index (χ2n) is 6.13. The molecule has 0 aliphatic heterocycles. The number of nitrogens with zero attached hydrogens (tertiary/aromatic N) is 1. The van der Waals surface area contributed by atoms with Gasteiger partial charge in [0.2, 0.25) is 5.91 Å². The third-order valence-corrected chi connectivity index (χ3v) is 3.85. The number of unbranched alkanes of at least 4 members (excludes halogenated alkanes) is 8. The van der Waals surface area contributed by atoms with E-state index in [2.05, 4.69) is 6.92 Å². The van der Waals surface area contributed by atoms with E-state index in [9.17, 15) is 9.59 Å². The predicted molar refractivity (Wildman–Crippen MR) is 92.1 cm³/mol. The van der Waals surface area contributed by atoms with E-state index in [4.69, 9.17) is 9.84 Å². The average molecular weight is 329 g/mol. The monoisotopic (exact) mass is 329 g/mol. The Morgan fingerprint density at radius 2 is 1.48 bits per heavy atom. The van der Waals surface area contributed by atoms with Crippen LogP contribution >= 0.6 is 0 Å². The lowest BCUT2D eigenvalue weighted by atomic mass is 10.1. The van der Waals surface area contributed by atoms with Crippen LogP contribution in [0.2, 0.25) is 0 Å². The summed E-state index contributed by atoms with van der Waals surface area (Å²) < 4.78 is 4.91. The molecule has 0 radical (unpaired) electrons. The summed E-state index contributed by atoms with van der Waals surface area (Å²) in [6.45, 7) is 2.42. The van der Waals surface area contributed by atoms with Crippen LogP contribution in [0.25, 0.3) is 0 Å². The maximum atomic E-state index is 11.9. The van der Waals surface area contributed by atoms with Gasteiger partial charge in [-0.05, 0) is 6.42 Å². The number of carbonyl (C=O) groups is 2. The van der Waals surface area contributed by atoms with Crippen LogP contribution in [0.15, 0.2) is 0 Å². The first-order chi connectivity index (χ1) is 11.1. The van der Waals surface area contributed by atoms with Crippen molar-refractivity contribution in [3.05, 3.63) is 0 Å². The zero-order chi connectivity index (χ0) is 17.3. The summed E-state index contributed by atoms with van der Waals surface area (Å²) in [6.07, 6.45) is 11.9. The van der Waals surface area contributed by atoms with E-state index in [0.29, 0.717) is 12.8 Å². The molecule has 23 heavy (non-hydrogen) atoms. The Morgan fingerprint density at radius 3 is 2.04 bits per heavy atom. The van der Waals surface area contributed by atoms with Gasteiger partial charge in [0.25, 0.3) is 0 Å². The van der Waals surface area contributed by atoms with Gasteiger partial charge in [-0.15, -0.1) is 0 Å². The molecule has 1 N–H and O–H groups in total. The van der Waals surface area contributed by atoms with Gasteiger partial charge in [0.15, 0.2) is 0 Å². The fourth-order valence-electron chi connectivity index (χ4n) is 2.36. The van der Waals surface area contributed by atoms with E-state index >= 15 is 0 Å². The lowest BCUT2D eigenvalue weighted by Gasteiger charge is -2.16. The lowest BCUT2D eigenvalue weighted by Crippen LogP contribution is -2.33. The smallest absolute Gasteiger partial charge is 0.325 e. The molecule has 0 aromatic heterocycles. The van der Waals surface area contributed by atoms with Crippen molar-refractivity contribution in [1.82, 2.24) is 4.90 Å². The molecule has 0 fully saturated rings. The van der Waals surface area contributed by atoms with E-state index in [1.54, 1.807) is 7.05 Å². The molecule has 0 aromatic rings. The van der Waals surface area contributed by atoms with Crippen molar-refractivity contribution in [2.24, 2.45) is 0 Å². The summed E-state index contributed by atoms with van der Waals surface area (Å²) in [5, 5.41) is 8.61. The fraction of sp³-hybridized carbons (Fsp3) is 0.889. The number of hydrogen-bond acceptors (Lipinski definition) is 4. The maximum Gasteiger partial charge on any atom is 0.325 e. The number of hydrogen-bond donors (Lipinski definition) is 1. The Hall–Kier alpha value is -1.10. The van der Waals surface area contributed by atoms with Crippen LogP contribution in [-0.4, -0.2) is 48.7 Å². The molecular formula is C18H35NO4. The number of aliphatic hydroxyl groups is 1. The van der Waals surface area contributed by atoms with Crippen molar-refractivity contribution in [2.75, 3.05) is 26.8 Å².